The normalized spacial score (nSPS) is 17.2. The van der Waals surface area contributed by atoms with E-state index in [9.17, 15) is 17.9 Å². The fourth-order valence-corrected chi connectivity index (χ4v) is 4.06. The molecule has 0 amide bonds. The highest BCUT2D eigenvalue weighted by Crippen LogP contribution is 2.41. The van der Waals surface area contributed by atoms with Gasteiger partial charge < -0.3 is 5.11 Å². The molecule has 0 aliphatic rings. The van der Waals surface area contributed by atoms with Crippen LogP contribution in [0.4, 0.5) is 4.39 Å². The molecule has 0 aromatic heterocycles. The van der Waals surface area contributed by atoms with E-state index in [1.165, 1.54) is 31.2 Å². The summed E-state index contributed by atoms with van der Waals surface area (Å²) >= 11 is 3.16. The lowest BCUT2D eigenvalue weighted by molar-refractivity contribution is 0.160. The smallest absolute Gasteiger partial charge is 0.168 e. The van der Waals surface area contributed by atoms with Crippen LogP contribution in [0.5, 0.6) is 0 Å². The molecule has 0 radical (unpaired) electrons. The fraction of sp³-hybridized carbons (Fsp3) is 0.500. The summed E-state index contributed by atoms with van der Waals surface area (Å²) in [5.74, 6) is -0.509. The third kappa shape index (κ3) is 2.75. The van der Waals surface area contributed by atoms with E-state index in [1.54, 1.807) is 6.92 Å². The molecular weight excluding hydrogens is 323 g/mol. The van der Waals surface area contributed by atoms with Crippen molar-refractivity contribution in [2.24, 2.45) is 0 Å². The number of hydrogen-bond acceptors (Lipinski definition) is 3. The van der Waals surface area contributed by atoms with Crippen LogP contribution in [0.25, 0.3) is 0 Å². The number of benzene rings is 1. The highest BCUT2D eigenvalue weighted by molar-refractivity contribution is 9.11. The van der Waals surface area contributed by atoms with Crippen molar-refractivity contribution >= 4 is 25.8 Å². The number of aliphatic hydroxyl groups is 1. The minimum Gasteiger partial charge on any atom is -0.386 e. The first kappa shape index (κ1) is 15.6. The van der Waals surface area contributed by atoms with Crippen molar-refractivity contribution in [3.63, 3.8) is 0 Å². The number of halogens is 2. The van der Waals surface area contributed by atoms with Gasteiger partial charge in [-0.25, -0.2) is 12.8 Å². The summed E-state index contributed by atoms with van der Waals surface area (Å²) in [6, 6.07) is 5.16. The molecular formula is C12H16BrFO3S. The van der Waals surface area contributed by atoms with E-state index in [2.05, 4.69) is 15.9 Å². The van der Waals surface area contributed by atoms with Crippen molar-refractivity contribution in [2.75, 3.05) is 5.75 Å². The van der Waals surface area contributed by atoms with E-state index in [1.807, 2.05) is 0 Å². The summed E-state index contributed by atoms with van der Waals surface area (Å²) < 4.78 is 35.5. The molecule has 0 bridgehead atoms. The van der Waals surface area contributed by atoms with E-state index < -0.39 is 25.4 Å². The van der Waals surface area contributed by atoms with Crippen molar-refractivity contribution in [1.82, 2.24) is 0 Å². The Kier molecular flexibility index (Phi) is 4.91. The topological polar surface area (TPSA) is 54.4 Å². The van der Waals surface area contributed by atoms with Gasteiger partial charge in [0.15, 0.2) is 13.5 Å². The van der Waals surface area contributed by atoms with E-state index in [-0.39, 0.29) is 12.2 Å². The zero-order valence-corrected chi connectivity index (χ0v) is 12.6. The van der Waals surface area contributed by atoms with E-state index >= 15 is 0 Å². The van der Waals surface area contributed by atoms with Crippen LogP contribution in [-0.2, 0) is 9.84 Å². The molecule has 0 spiro atoms. The molecule has 1 N–H and O–H groups in total. The molecule has 0 aliphatic carbocycles. The van der Waals surface area contributed by atoms with Crippen LogP contribution in [0.1, 0.15) is 31.9 Å². The number of rotatable bonds is 5. The zero-order valence-electron chi connectivity index (χ0n) is 10.2. The van der Waals surface area contributed by atoms with Crippen molar-refractivity contribution in [1.29, 1.82) is 0 Å². The predicted molar refractivity (Wildman–Crippen MR) is 72.8 cm³/mol. The lowest BCUT2D eigenvalue weighted by Crippen LogP contribution is -2.39. The molecule has 0 heterocycles. The van der Waals surface area contributed by atoms with Gasteiger partial charge in [0, 0.05) is 5.75 Å². The number of sulfone groups is 1. The van der Waals surface area contributed by atoms with Crippen molar-refractivity contribution in [2.45, 2.75) is 30.0 Å². The van der Waals surface area contributed by atoms with E-state index in [0.717, 1.165) is 0 Å². The molecule has 102 valence electrons. The minimum absolute atomic E-state index is 0.0790. The van der Waals surface area contributed by atoms with Crippen LogP contribution >= 0.6 is 15.9 Å². The average Bonchev–Trinajstić information content (AvgIpc) is 2.37. The lowest BCUT2D eigenvalue weighted by atomic mass is 10.0. The fourth-order valence-electron chi connectivity index (χ4n) is 1.72. The molecule has 1 rings (SSSR count). The average molecular weight is 339 g/mol. The van der Waals surface area contributed by atoms with Crippen LogP contribution in [0, 0.1) is 5.82 Å². The van der Waals surface area contributed by atoms with Crippen LogP contribution in [0.3, 0.4) is 0 Å². The van der Waals surface area contributed by atoms with Gasteiger partial charge in [-0.05, 0) is 24.1 Å². The molecule has 0 saturated carbocycles. The molecule has 0 aliphatic heterocycles. The first-order valence-corrected chi connectivity index (χ1v) is 8.07. The standard InChI is InChI=1S/C12H16BrFO3S/c1-3-12(13,18(16,17)4-2)11(15)9-5-7-10(14)8-6-9/h5-8,11,15H,3-4H2,1-2H3/t11-,12-/m0/s1. The summed E-state index contributed by atoms with van der Waals surface area (Å²) in [5.41, 5.74) is 0.368. The second-order valence-corrected chi connectivity index (χ2v) is 8.47. The summed E-state index contributed by atoms with van der Waals surface area (Å²) in [7, 11) is -3.49. The Labute approximate surface area is 115 Å². The second kappa shape index (κ2) is 5.67. The Morgan fingerprint density at radius 2 is 1.83 bits per heavy atom. The maximum Gasteiger partial charge on any atom is 0.168 e. The van der Waals surface area contributed by atoms with E-state index in [0.29, 0.717) is 5.56 Å². The molecule has 0 saturated heterocycles. The van der Waals surface area contributed by atoms with Crippen molar-refractivity contribution in [3.8, 4) is 0 Å². The van der Waals surface area contributed by atoms with Gasteiger partial charge in [0.1, 0.15) is 11.9 Å². The van der Waals surface area contributed by atoms with Gasteiger partial charge in [-0.15, -0.1) is 0 Å². The first-order valence-electron chi connectivity index (χ1n) is 5.63. The Bertz CT molecular complexity index is 501. The summed E-state index contributed by atoms with van der Waals surface area (Å²) in [4.78, 5) is 0. The van der Waals surface area contributed by atoms with Crippen molar-refractivity contribution < 1.29 is 17.9 Å². The monoisotopic (exact) mass is 338 g/mol. The van der Waals surface area contributed by atoms with Gasteiger partial charge in [0.25, 0.3) is 0 Å². The van der Waals surface area contributed by atoms with Crippen LogP contribution in [0.15, 0.2) is 24.3 Å². The van der Waals surface area contributed by atoms with Crippen LogP contribution < -0.4 is 0 Å². The van der Waals surface area contributed by atoms with Gasteiger partial charge >= 0.3 is 0 Å². The Morgan fingerprint density at radius 3 is 2.22 bits per heavy atom. The zero-order chi connectivity index (χ0) is 14.0. The SMILES string of the molecule is CC[C@@](Br)([C@@H](O)c1ccc(F)cc1)S(=O)(=O)CC. The third-order valence-electron chi connectivity index (χ3n) is 2.97. The Balaban J connectivity index is 3.21. The summed E-state index contributed by atoms with van der Waals surface area (Å²) in [6.45, 7) is 3.20. The maximum absolute atomic E-state index is 12.8. The molecule has 3 nitrogen and oxygen atoms in total. The minimum atomic E-state index is -3.49. The van der Waals surface area contributed by atoms with Crippen molar-refractivity contribution in [3.05, 3.63) is 35.6 Å². The molecule has 1 aromatic rings. The van der Waals surface area contributed by atoms with Crippen LogP contribution in [-0.4, -0.2) is 22.9 Å². The highest BCUT2D eigenvalue weighted by atomic mass is 79.9. The van der Waals surface area contributed by atoms with E-state index in [4.69, 9.17) is 0 Å². The largest absolute Gasteiger partial charge is 0.386 e. The number of aliphatic hydroxyl groups excluding tert-OH is 1. The molecule has 18 heavy (non-hydrogen) atoms. The third-order valence-corrected chi connectivity index (χ3v) is 7.75. The molecule has 6 heteroatoms. The maximum atomic E-state index is 12.8. The first-order chi connectivity index (χ1) is 8.28. The number of alkyl halides is 1. The van der Waals surface area contributed by atoms with Gasteiger partial charge in [-0.3, -0.25) is 0 Å². The second-order valence-electron chi connectivity index (χ2n) is 4.00. The molecule has 0 fully saturated rings. The Morgan fingerprint density at radius 1 is 1.33 bits per heavy atom. The van der Waals surface area contributed by atoms with Gasteiger partial charge in [-0.2, -0.15) is 0 Å². The molecule has 0 unspecified atom stereocenters. The van der Waals surface area contributed by atoms with Crippen LogP contribution in [0.2, 0.25) is 0 Å². The molecule has 1 aromatic carbocycles. The van der Waals surface area contributed by atoms with Gasteiger partial charge in [0.2, 0.25) is 0 Å². The Hall–Kier alpha value is -0.460. The van der Waals surface area contributed by atoms with Gasteiger partial charge in [0.05, 0.1) is 0 Å². The lowest BCUT2D eigenvalue weighted by Gasteiger charge is -2.31. The number of hydrogen-bond donors (Lipinski definition) is 1. The molecule has 2 atom stereocenters. The highest BCUT2D eigenvalue weighted by Gasteiger charge is 2.45. The predicted octanol–water partition coefficient (Wildman–Crippen LogP) is 2.80. The summed E-state index contributed by atoms with van der Waals surface area (Å²) in [6.07, 6.45) is -1.03. The van der Waals surface area contributed by atoms with Gasteiger partial charge in [-0.1, -0.05) is 41.9 Å². The quantitative estimate of drug-likeness (QED) is 0.840. The summed E-state index contributed by atoms with van der Waals surface area (Å²) in [5, 5.41) is 10.2.